The predicted molar refractivity (Wildman–Crippen MR) is 48.9 cm³/mol. The molecule has 78 valence electrons. The van der Waals surface area contributed by atoms with Crippen LogP contribution in [-0.4, -0.2) is 35.7 Å². The molecule has 2 fully saturated rings. The minimum atomic E-state index is -0.411. The first-order valence-corrected chi connectivity index (χ1v) is 4.73. The Kier molecular flexibility index (Phi) is 2.16. The number of rotatable bonds is 1. The summed E-state index contributed by atoms with van der Waals surface area (Å²) < 4.78 is 0. The molecule has 0 saturated carbocycles. The first kappa shape index (κ1) is 9.42. The summed E-state index contributed by atoms with van der Waals surface area (Å²) in [5.74, 6) is -0.385. The molecular formula is C8H14N4O2. The van der Waals surface area contributed by atoms with Gasteiger partial charge in [0.1, 0.15) is 6.17 Å². The molecule has 2 unspecified atom stereocenters. The first-order valence-electron chi connectivity index (χ1n) is 4.73. The number of hydrogen-bond acceptors (Lipinski definition) is 4. The number of amides is 3. The topological polar surface area (TPSA) is 73.5 Å². The highest BCUT2D eigenvalue weighted by molar-refractivity contribution is 5.98. The van der Waals surface area contributed by atoms with Crippen molar-refractivity contribution in [2.45, 2.75) is 26.1 Å². The van der Waals surface area contributed by atoms with Crippen molar-refractivity contribution in [3.8, 4) is 0 Å². The second-order valence-corrected chi connectivity index (χ2v) is 3.88. The van der Waals surface area contributed by atoms with Gasteiger partial charge in [0.05, 0.1) is 5.92 Å². The minimum absolute atomic E-state index is 0.185. The fourth-order valence-corrected chi connectivity index (χ4v) is 1.89. The van der Waals surface area contributed by atoms with Crippen molar-refractivity contribution < 1.29 is 9.59 Å². The lowest BCUT2D eigenvalue weighted by Gasteiger charge is -2.32. The molecule has 0 aromatic carbocycles. The Morgan fingerprint density at radius 2 is 2.14 bits per heavy atom. The Hall–Kier alpha value is -1.14. The van der Waals surface area contributed by atoms with Gasteiger partial charge in [-0.3, -0.25) is 15.5 Å². The van der Waals surface area contributed by atoms with E-state index in [0.29, 0.717) is 6.54 Å². The van der Waals surface area contributed by atoms with Gasteiger partial charge in [-0.1, -0.05) is 0 Å². The van der Waals surface area contributed by atoms with Crippen LogP contribution in [-0.2, 0) is 4.79 Å². The maximum Gasteiger partial charge on any atom is 0.322 e. The Labute approximate surface area is 82.0 Å². The van der Waals surface area contributed by atoms with Crippen LogP contribution in [0.2, 0.25) is 0 Å². The fourth-order valence-electron chi connectivity index (χ4n) is 1.89. The van der Waals surface area contributed by atoms with Gasteiger partial charge in [0.2, 0.25) is 5.91 Å². The van der Waals surface area contributed by atoms with Crippen molar-refractivity contribution in [2.24, 2.45) is 5.92 Å². The number of fused-ring (bicyclic) bond motifs is 1. The Morgan fingerprint density at radius 3 is 2.79 bits per heavy atom. The van der Waals surface area contributed by atoms with Gasteiger partial charge < -0.3 is 5.32 Å². The molecule has 0 radical (unpaired) electrons. The molecule has 3 amide bonds. The summed E-state index contributed by atoms with van der Waals surface area (Å²) in [4.78, 5) is 22.5. The highest BCUT2D eigenvalue weighted by Crippen LogP contribution is 2.19. The van der Waals surface area contributed by atoms with E-state index < -0.39 is 6.03 Å². The summed E-state index contributed by atoms with van der Waals surface area (Å²) >= 11 is 0. The summed E-state index contributed by atoms with van der Waals surface area (Å²) in [6.07, 6.45) is -0.212. The fraction of sp³-hybridized carbons (Fsp3) is 0.750. The lowest BCUT2D eigenvalue weighted by Crippen LogP contribution is -2.62. The van der Waals surface area contributed by atoms with Crippen LogP contribution in [0.15, 0.2) is 0 Å². The average molecular weight is 198 g/mol. The van der Waals surface area contributed by atoms with Gasteiger partial charge in [0, 0.05) is 12.6 Å². The van der Waals surface area contributed by atoms with E-state index in [9.17, 15) is 9.59 Å². The molecule has 0 aromatic rings. The minimum Gasteiger partial charge on any atom is -0.320 e. The number of imide groups is 1. The normalized spacial score (nSPS) is 32.8. The average Bonchev–Trinajstić information content (AvgIpc) is 2.47. The van der Waals surface area contributed by atoms with Crippen LogP contribution in [0, 0.1) is 5.92 Å². The molecule has 6 heteroatoms. The van der Waals surface area contributed by atoms with E-state index in [2.05, 4.69) is 16.1 Å². The summed E-state index contributed by atoms with van der Waals surface area (Å²) in [5.41, 5.74) is 3.11. The highest BCUT2D eigenvalue weighted by atomic mass is 16.2. The summed E-state index contributed by atoms with van der Waals surface area (Å²) in [7, 11) is 0. The second kappa shape index (κ2) is 3.21. The van der Waals surface area contributed by atoms with E-state index in [1.807, 2.05) is 18.9 Å². The molecular weight excluding hydrogens is 184 g/mol. The number of hydrogen-bond donors (Lipinski definition) is 3. The maximum absolute atomic E-state index is 11.4. The Bertz CT molecular complexity index is 279. The van der Waals surface area contributed by atoms with Crippen LogP contribution in [0.5, 0.6) is 0 Å². The monoisotopic (exact) mass is 198 g/mol. The molecule has 2 rings (SSSR count). The van der Waals surface area contributed by atoms with Crippen molar-refractivity contribution in [1.82, 2.24) is 21.1 Å². The highest BCUT2D eigenvalue weighted by Gasteiger charge is 2.44. The quantitative estimate of drug-likeness (QED) is 0.505. The number of carbonyl (C=O) groups excluding carboxylic acids is 2. The smallest absolute Gasteiger partial charge is 0.320 e. The molecule has 0 aliphatic carbocycles. The SMILES string of the molecule is CC(C)N1NCC2C(=O)NC(=O)NC21. The molecule has 14 heavy (non-hydrogen) atoms. The van der Waals surface area contributed by atoms with Gasteiger partial charge in [0.15, 0.2) is 0 Å². The number of nitrogens with one attached hydrogen (secondary N) is 3. The van der Waals surface area contributed by atoms with Gasteiger partial charge in [-0.25, -0.2) is 9.80 Å². The zero-order chi connectivity index (χ0) is 10.3. The predicted octanol–water partition coefficient (Wildman–Crippen LogP) is -1.00. The van der Waals surface area contributed by atoms with Crippen molar-refractivity contribution in [2.75, 3.05) is 6.54 Å². The van der Waals surface area contributed by atoms with Crippen LogP contribution in [0.1, 0.15) is 13.8 Å². The number of nitrogens with zero attached hydrogens (tertiary/aromatic N) is 1. The standard InChI is InChI=1S/C8H14N4O2/c1-4(2)12-6-5(3-9-12)7(13)11-8(14)10-6/h4-6,9H,3H2,1-2H3,(H2,10,11,13,14). The van der Waals surface area contributed by atoms with Gasteiger partial charge in [-0.05, 0) is 13.8 Å². The van der Waals surface area contributed by atoms with Gasteiger partial charge in [-0.2, -0.15) is 0 Å². The molecule has 0 aromatic heterocycles. The Morgan fingerprint density at radius 1 is 1.43 bits per heavy atom. The van der Waals surface area contributed by atoms with E-state index in [1.54, 1.807) is 0 Å². The first-order chi connectivity index (χ1) is 6.59. The third-order valence-electron chi connectivity index (χ3n) is 2.58. The molecule has 6 nitrogen and oxygen atoms in total. The zero-order valence-corrected chi connectivity index (χ0v) is 8.20. The van der Waals surface area contributed by atoms with Crippen LogP contribution in [0.3, 0.4) is 0 Å². The van der Waals surface area contributed by atoms with E-state index >= 15 is 0 Å². The van der Waals surface area contributed by atoms with Crippen LogP contribution in [0.4, 0.5) is 4.79 Å². The number of hydrazine groups is 1. The van der Waals surface area contributed by atoms with Crippen LogP contribution >= 0.6 is 0 Å². The van der Waals surface area contributed by atoms with E-state index in [0.717, 1.165) is 0 Å². The van der Waals surface area contributed by atoms with Crippen molar-refractivity contribution in [3.05, 3.63) is 0 Å². The molecule has 2 atom stereocenters. The molecule has 2 aliphatic rings. The molecule has 2 saturated heterocycles. The second-order valence-electron chi connectivity index (χ2n) is 3.88. The molecule has 3 N–H and O–H groups in total. The number of carbonyl (C=O) groups is 2. The zero-order valence-electron chi connectivity index (χ0n) is 8.20. The summed E-state index contributed by atoms with van der Waals surface area (Å²) in [6, 6.07) is -0.165. The molecule has 2 heterocycles. The number of urea groups is 1. The summed E-state index contributed by atoms with van der Waals surface area (Å²) in [6.45, 7) is 4.59. The molecule has 2 aliphatic heterocycles. The third-order valence-corrected chi connectivity index (χ3v) is 2.58. The van der Waals surface area contributed by atoms with Gasteiger partial charge in [-0.15, -0.1) is 0 Å². The van der Waals surface area contributed by atoms with Gasteiger partial charge >= 0.3 is 6.03 Å². The largest absolute Gasteiger partial charge is 0.322 e. The van der Waals surface area contributed by atoms with E-state index in [1.165, 1.54) is 0 Å². The lowest BCUT2D eigenvalue weighted by atomic mass is 10.0. The van der Waals surface area contributed by atoms with Crippen molar-refractivity contribution >= 4 is 11.9 Å². The van der Waals surface area contributed by atoms with Crippen LogP contribution in [0.25, 0.3) is 0 Å². The van der Waals surface area contributed by atoms with Gasteiger partial charge in [0.25, 0.3) is 0 Å². The van der Waals surface area contributed by atoms with Crippen molar-refractivity contribution in [3.63, 3.8) is 0 Å². The Balaban J connectivity index is 2.17. The molecule has 0 spiro atoms. The molecule has 0 bridgehead atoms. The summed E-state index contributed by atoms with van der Waals surface area (Å²) in [5, 5.41) is 6.89. The van der Waals surface area contributed by atoms with E-state index in [4.69, 9.17) is 0 Å². The van der Waals surface area contributed by atoms with E-state index in [-0.39, 0.29) is 24.0 Å². The lowest BCUT2D eigenvalue weighted by molar-refractivity contribution is -0.125. The maximum atomic E-state index is 11.4. The van der Waals surface area contributed by atoms with Crippen molar-refractivity contribution in [1.29, 1.82) is 0 Å². The van der Waals surface area contributed by atoms with Crippen LogP contribution < -0.4 is 16.1 Å². The third kappa shape index (κ3) is 1.36.